The number of carbonyl (C=O) groups excluding carboxylic acids is 3. The van der Waals surface area contributed by atoms with Crippen LogP contribution in [0.1, 0.15) is 41.5 Å². The third-order valence-corrected chi connectivity index (χ3v) is 4.66. The van der Waals surface area contributed by atoms with Crippen LogP contribution in [0.5, 0.6) is 0 Å². The number of amides is 3. The molecule has 0 radical (unpaired) electrons. The van der Waals surface area contributed by atoms with Crippen LogP contribution in [0.4, 0.5) is 0 Å². The van der Waals surface area contributed by atoms with Crippen LogP contribution in [0.15, 0.2) is 0 Å². The SMILES string of the molecule is CC(=O)N1CCN(C(=O)c2n[nH]c3c2CCCC3)C[C@H]1C(N)=O. The predicted molar refractivity (Wildman–Crippen MR) is 81.5 cm³/mol. The van der Waals surface area contributed by atoms with Crippen molar-refractivity contribution in [2.75, 3.05) is 19.6 Å². The fraction of sp³-hybridized carbons (Fsp3) is 0.600. The van der Waals surface area contributed by atoms with E-state index in [9.17, 15) is 14.4 Å². The first-order valence-corrected chi connectivity index (χ1v) is 7.91. The second kappa shape index (κ2) is 6.02. The lowest BCUT2D eigenvalue weighted by Crippen LogP contribution is -2.60. The average molecular weight is 319 g/mol. The predicted octanol–water partition coefficient (Wildman–Crippen LogP) is -0.553. The van der Waals surface area contributed by atoms with Gasteiger partial charge in [-0.1, -0.05) is 0 Å². The van der Waals surface area contributed by atoms with Crippen LogP contribution in [0.25, 0.3) is 0 Å². The summed E-state index contributed by atoms with van der Waals surface area (Å²) in [5, 5.41) is 7.14. The minimum Gasteiger partial charge on any atom is -0.368 e. The van der Waals surface area contributed by atoms with E-state index in [-0.39, 0.29) is 18.4 Å². The highest BCUT2D eigenvalue weighted by molar-refractivity contribution is 5.95. The molecule has 1 aliphatic carbocycles. The number of nitrogens with zero attached hydrogens (tertiary/aromatic N) is 3. The Morgan fingerprint density at radius 1 is 1.22 bits per heavy atom. The van der Waals surface area contributed by atoms with E-state index in [1.165, 1.54) is 11.8 Å². The maximum absolute atomic E-state index is 12.8. The van der Waals surface area contributed by atoms with E-state index in [4.69, 9.17) is 5.73 Å². The molecule has 0 saturated carbocycles. The first kappa shape index (κ1) is 15.5. The van der Waals surface area contributed by atoms with Gasteiger partial charge in [0.2, 0.25) is 11.8 Å². The number of fused-ring (bicyclic) bond motifs is 1. The topological polar surface area (TPSA) is 112 Å². The number of rotatable bonds is 2. The summed E-state index contributed by atoms with van der Waals surface area (Å²) in [6.45, 7) is 2.21. The molecule has 2 aliphatic rings. The molecule has 3 N–H and O–H groups in total. The number of piperazine rings is 1. The number of carbonyl (C=O) groups is 3. The van der Waals surface area contributed by atoms with Crippen LogP contribution in [0.2, 0.25) is 0 Å². The van der Waals surface area contributed by atoms with Gasteiger partial charge in [-0.2, -0.15) is 5.10 Å². The molecule has 0 aromatic carbocycles. The van der Waals surface area contributed by atoms with E-state index in [2.05, 4.69) is 10.2 Å². The van der Waals surface area contributed by atoms with Gasteiger partial charge in [-0.15, -0.1) is 0 Å². The van der Waals surface area contributed by atoms with Crippen molar-refractivity contribution in [1.82, 2.24) is 20.0 Å². The van der Waals surface area contributed by atoms with Crippen molar-refractivity contribution in [3.63, 3.8) is 0 Å². The Hall–Kier alpha value is -2.38. The molecule has 3 amide bonds. The molecule has 1 fully saturated rings. The molecule has 1 aromatic heterocycles. The molecular formula is C15H21N5O3. The first-order valence-electron chi connectivity index (χ1n) is 7.91. The third kappa shape index (κ3) is 2.80. The zero-order valence-corrected chi connectivity index (χ0v) is 13.2. The van der Waals surface area contributed by atoms with Crippen LogP contribution >= 0.6 is 0 Å². The molecule has 3 rings (SSSR count). The summed E-state index contributed by atoms with van der Waals surface area (Å²) >= 11 is 0. The fourth-order valence-corrected chi connectivity index (χ4v) is 3.40. The summed E-state index contributed by atoms with van der Waals surface area (Å²) in [7, 11) is 0. The monoisotopic (exact) mass is 319 g/mol. The highest BCUT2D eigenvalue weighted by Gasteiger charge is 2.36. The number of nitrogens with two attached hydrogens (primary N) is 1. The van der Waals surface area contributed by atoms with Crippen LogP contribution in [-0.2, 0) is 22.4 Å². The van der Waals surface area contributed by atoms with Crippen molar-refractivity contribution < 1.29 is 14.4 Å². The zero-order chi connectivity index (χ0) is 16.6. The molecule has 23 heavy (non-hydrogen) atoms. The normalized spacial score (nSPS) is 21.0. The maximum atomic E-state index is 12.8. The number of primary amides is 1. The van der Waals surface area contributed by atoms with Crippen molar-refractivity contribution in [2.45, 2.75) is 38.6 Å². The highest BCUT2D eigenvalue weighted by atomic mass is 16.2. The molecule has 0 bridgehead atoms. The molecule has 1 saturated heterocycles. The van der Waals surface area contributed by atoms with Gasteiger partial charge < -0.3 is 15.5 Å². The molecule has 1 aromatic rings. The summed E-state index contributed by atoms with van der Waals surface area (Å²) in [6.07, 6.45) is 3.91. The zero-order valence-electron chi connectivity index (χ0n) is 13.2. The Labute approximate surface area is 134 Å². The molecule has 2 heterocycles. The van der Waals surface area contributed by atoms with Gasteiger partial charge in [0.05, 0.1) is 6.54 Å². The van der Waals surface area contributed by atoms with Gasteiger partial charge in [-0.25, -0.2) is 0 Å². The van der Waals surface area contributed by atoms with Gasteiger partial charge in [-0.05, 0) is 25.7 Å². The molecule has 124 valence electrons. The summed E-state index contributed by atoms with van der Waals surface area (Å²) in [6, 6.07) is -0.778. The maximum Gasteiger partial charge on any atom is 0.274 e. The van der Waals surface area contributed by atoms with Crippen LogP contribution in [-0.4, -0.2) is 63.4 Å². The van der Waals surface area contributed by atoms with Crippen molar-refractivity contribution in [3.05, 3.63) is 17.0 Å². The van der Waals surface area contributed by atoms with E-state index in [0.29, 0.717) is 18.8 Å². The summed E-state index contributed by atoms with van der Waals surface area (Å²) < 4.78 is 0. The van der Waals surface area contributed by atoms with E-state index >= 15 is 0 Å². The Balaban J connectivity index is 1.79. The summed E-state index contributed by atoms with van der Waals surface area (Å²) in [5.74, 6) is -1.00. The quantitative estimate of drug-likeness (QED) is 0.761. The van der Waals surface area contributed by atoms with E-state index < -0.39 is 11.9 Å². The lowest BCUT2D eigenvalue weighted by molar-refractivity contribution is -0.140. The van der Waals surface area contributed by atoms with Crippen LogP contribution in [0.3, 0.4) is 0 Å². The van der Waals surface area contributed by atoms with Crippen LogP contribution in [0, 0.1) is 0 Å². The fourth-order valence-electron chi connectivity index (χ4n) is 3.40. The number of aryl methyl sites for hydroxylation is 1. The Morgan fingerprint density at radius 3 is 2.65 bits per heavy atom. The molecular weight excluding hydrogens is 298 g/mol. The second-order valence-corrected chi connectivity index (χ2v) is 6.12. The number of aromatic nitrogens is 2. The Kier molecular flexibility index (Phi) is 4.06. The van der Waals surface area contributed by atoms with Crippen molar-refractivity contribution in [3.8, 4) is 0 Å². The molecule has 1 aliphatic heterocycles. The summed E-state index contributed by atoms with van der Waals surface area (Å²) in [4.78, 5) is 39.0. The minimum absolute atomic E-state index is 0.120. The number of aromatic amines is 1. The number of H-pyrrole nitrogens is 1. The van der Waals surface area contributed by atoms with E-state index in [1.807, 2.05) is 0 Å². The molecule has 1 atom stereocenters. The lowest BCUT2D eigenvalue weighted by atomic mass is 9.95. The second-order valence-electron chi connectivity index (χ2n) is 6.12. The highest BCUT2D eigenvalue weighted by Crippen LogP contribution is 2.24. The Bertz CT molecular complexity index is 654. The van der Waals surface area contributed by atoms with Gasteiger partial charge >= 0.3 is 0 Å². The largest absolute Gasteiger partial charge is 0.368 e. The van der Waals surface area contributed by atoms with E-state index in [1.54, 1.807) is 4.90 Å². The lowest BCUT2D eigenvalue weighted by Gasteiger charge is -2.39. The molecule has 0 unspecified atom stereocenters. The number of hydrogen-bond donors (Lipinski definition) is 2. The minimum atomic E-state index is -0.778. The smallest absolute Gasteiger partial charge is 0.274 e. The van der Waals surface area contributed by atoms with Gasteiger partial charge in [0.25, 0.3) is 5.91 Å². The average Bonchev–Trinajstić information content (AvgIpc) is 2.97. The summed E-state index contributed by atoms with van der Waals surface area (Å²) in [5.41, 5.74) is 7.87. The van der Waals surface area contributed by atoms with E-state index in [0.717, 1.165) is 36.9 Å². The number of nitrogens with one attached hydrogen (secondary N) is 1. The molecule has 8 nitrogen and oxygen atoms in total. The van der Waals surface area contributed by atoms with Gasteiger partial charge in [-0.3, -0.25) is 19.5 Å². The molecule has 0 spiro atoms. The van der Waals surface area contributed by atoms with Gasteiger partial charge in [0.15, 0.2) is 5.69 Å². The van der Waals surface area contributed by atoms with Crippen LogP contribution < -0.4 is 5.73 Å². The Morgan fingerprint density at radius 2 is 1.96 bits per heavy atom. The standard InChI is InChI=1S/C15H21N5O3/c1-9(21)20-7-6-19(8-12(20)14(16)22)15(23)13-10-4-2-3-5-11(10)17-18-13/h12H,2-8H2,1H3,(H2,16,22)(H,17,18)/t12-/m0/s1. The third-order valence-electron chi connectivity index (χ3n) is 4.66. The van der Waals surface area contributed by atoms with Crippen molar-refractivity contribution >= 4 is 17.7 Å². The van der Waals surface area contributed by atoms with Crippen molar-refractivity contribution in [1.29, 1.82) is 0 Å². The van der Waals surface area contributed by atoms with Crippen molar-refractivity contribution in [2.24, 2.45) is 5.73 Å². The van der Waals surface area contributed by atoms with Gasteiger partial charge in [0.1, 0.15) is 6.04 Å². The first-order chi connectivity index (χ1) is 11.0. The van der Waals surface area contributed by atoms with Gasteiger partial charge in [0, 0.05) is 31.3 Å². The number of hydrogen-bond acceptors (Lipinski definition) is 4. The molecule has 8 heteroatoms.